The predicted octanol–water partition coefficient (Wildman–Crippen LogP) is 4.51. The number of hydrogen-bond donors (Lipinski definition) is 0. The molecule has 0 spiro atoms. The molecule has 0 unspecified atom stereocenters. The van der Waals surface area contributed by atoms with E-state index in [1.54, 1.807) is 6.07 Å². The van der Waals surface area contributed by atoms with E-state index in [0.717, 1.165) is 32.1 Å². The summed E-state index contributed by atoms with van der Waals surface area (Å²) < 4.78 is 12.4. The maximum Gasteiger partial charge on any atom is 0.341 e. The third-order valence-corrected chi connectivity index (χ3v) is 4.10. The van der Waals surface area contributed by atoms with Crippen molar-refractivity contribution in [1.29, 1.82) is 0 Å². The fourth-order valence-corrected chi connectivity index (χ4v) is 2.72. The molecule has 1 aromatic rings. The molecule has 1 aliphatic rings. The van der Waals surface area contributed by atoms with Gasteiger partial charge in [-0.2, -0.15) is 0 Å². The van der Waals surface area contributed by atoms with Crippen molar-refractivity contribution in [3.63, 3.8) is 0 Å². The lowest BCUT2D eigenvalue weighted by Crippen LogP contribution is -2.09. The van der Waals surface area contributed by atoms with E-state index < -0.39 is 0 Å². The number of hydrogen-bond acceptors (Lipinski definition) is 3. The molecular weight excluding hydrogens is 367 g/mol. The highest BCUT2D eigenvalue weighted by atomic mass is 127. The summed E-state index contributed by atoms with van der Waals surface area (Å²) in [5.41, 5.74) is 0.523. The van der Waals surface area contributed by atoms with Crippen molar-refractivity contribution in [2.75, 3.05) is 13.2 Å². The largest absolute Gasteiger partial charge is 0.493 e. The second-order valence-electron chi connectivity index (χ2n) is 4.73. The van der Waals surface area contributed by atoms with Gasteiger partial charge in [-0.3, -0.25) is 0 Å². The Morgan fingerprint density at radius 1 is 1.00 bits per heavy atom. The van der Waals surface area contributed by atoms with Crippen LogP contribution in [0.25, 0.3) is 0 Å². The van der Waals surface area contributed by atoms with E-state index in [4.69, 9.17) is 9.47 Å². The summed E-state index contributed by atoms with van der Waals surface area (Å²) in [5.74, 6) is 0.330. The van der Waals surface area contributed by atoms with E-state index in [9.17, 15) is 4.79 Å². The number of benzene rings is 1. The second-order valence-corrected chi connectivity index (χ2v) is 6.12. The maximum absolute atomic E-state index is 12.0. The van der Waals surface area contributed by atoms with Crippen molar-refractivity contribution in [2.45, 2.75) is 32.1 Å². The Morgan fingerprint density at radius 2 is 1.80 bits per heavy atom. The third kappa shape index (κ3) is 4.81. The zero-order valence-corrected chi connectivity index (χ0v) is 13.6. The lowest BCUT2D eigenvalue weighted by molar-refractivity contribution is 0.0494. The summed E-state index contributed by atoms with van der Waals surface area (Å²) in [6, 6.07) is 7.28. The lowest BCUT2D eigenvalue weighted by atomic mass is 10.2. The Hall–Kier alpha value is -1.04. The molecule has 3 nitrogen and oxygen atoms in total. The van der Waals surface area contributed by atoms with Crippen molar-refractivity contribution in [2.24, 2.45) is 0 Å². The number of esters is 1. The van der Waals surface area contributed by atoms with Gasteiger partial charge in [0.1, 0.15) is 11.3 Å². The molecule has 108 valence electrons. The van der Waals surface area contributed by atoms with Gasteiger partial charge >= 0.3 is 5.97 Å². The smallest absolute Gasteiger partial charge is 0.341 e. The van der Waals surface area contributed by atoms with E-state index in [-0.39, 0.29) is 5.97 Å². The van der Waals surface area contributed by atoms with Crippen molar-refractivity contribution >= 4 is 28.6 Å². The van der Waals surface area contributed by atoms with Crippen LogP contribution >= 0.6 is 22.6 Å². The van der Waals surface area contributed by atoms with E-state index in [1.165, 1.54) is 3.58 Å². The van der Waals surface area contributed by atoms with Crippen molar-refractivity contribution < 1.29 is 14.3 Å². The van der Waals surface area contributed by atoms with Crippen LogP contribution < -0.4 is 4.74 Å². The molecule has 0 fully saturated rings. The number of halogens is 1. The van der Waals surface area contributed by atoms with E-state index in [0.29, 0.717) is 24.5 Å². The van der Waals surface area contributed by atoms with Crippen LogP contribution in [0.5, 0.6) is 5.75 Å². The molecule has 0 N–H and O–H groups in total. The Balaban J connectivity index is 2.07. The average Bonchev–Trinajstić information content (AvgIpc) is 2.46. The van der Waals surface area contributed by atoms with Crippen molar-refractivity contribution in [1.82, 2.24) is 0 Å². The Labute approximate surface area is 133 Å². The summed E-state index contributed by atoms with van der Waals surface area (Å²) in [7, 11) is 0. The molecule has 0 amide bonds. The highest BCUT2D eigenvalue weighted by Crippen LogP contribution is 2.21. The fourth-order valence-electron chi connectivity index (χ4n) is 2.03. The van der Waals surface area contributed by atoms with Gasteiger partial charge in [-0.25, -0.2) is 4.79 Å². The number of carbonyl (C=O) groups is 1. The van der Waals surface area contributed by atoms with Crippen LogP contribution in [0.1, 0.15) is 42.5 Å². The van der Waals surface area contributed by atoms with Crippen LogP contribution in [-0.4, -0.2) is 19.2 Å². The van der Waals surface area contributed by atoms with Crippen LogP contribution in [0.15, 0.2) is 33.9 Å². The first kappa shape index (κ1) is 15.4. The molecule has 0 saturated carbocycles. The van der Waals surface area contributed by atoms with Crippen LogP contribution in [0.4, 0.5) is 0 Å². The van der Waals surface area contributed by atoms with Crippen LogP contribution in [0.2, 0.25) is 0 Å². The van der Waals surface area contributed by atoms with E-state index >= 15 is 0 Å². The lowest BCUT2D eigenvalue weighted by Gasteiger charge is -2.11. The van der Waals surface area contributed by atoms with Crippen molar-refractivity contribution in [3.05, 3.63) is 39.5 Å². The minimum Gasteiger partial charge on any atom is -0.493 e. The van der Waals surface area contributed by atoms with Gasteiger partial charge in [-0.1, -0.05) is 18.2 Å². The third-order valence-electron chi connectivity index (χ3n) is 3.12. The second kappa shape index (κ2) is 8.29. The molecule has 20 heavy (non-hydrogen) atoms. The first-order valence-corrected chi connectivity index (χ1v) is 8.09. The topological polar surface area (TPSA) is 35.5 Å². The van der Waals surface area contributed by atoms with Crippen LogP contribution in [0.3, 0.4) is 0 Å². The quantitative estimate of drug-likeness (QED) is 0.486. The molecule has 0 bridgehead atoms. The molecule has 0 radical (unpaired) electrons. The van der Waals surface area contributed by atoms with Crippen LogP contribution in [0, 0.1) is 0 Å². The van der Waals surface area contributed by atoms with Crippen LogP contribution in [-0.2, 0) is 4.74 Å². The van der Waals surface area contributed by atoms with Gasteiger partial charge in [-0.15, -0.1) is 0 Å². The summed E-state index contributed by atoms with van der Waals surface area (Å²) in [5, 5.41) is 0. The average molecular weight is 386 g/mol. The Kier molecular flexibility index (Phi) is 6.36. The van der Waals surface area contributed by atoms with E-state index in [1.807, 2.05) is 18.2 Å². The number of carbonyl (C=O) groups excluding carboxylic acids is 1. The van der Waals surface area contributed by atoms with Gasteiger partial charge in [-0.05, 0) is 70.4 Å². The van der Waals surface area contributed by atoms with Crippen molar-refractivity contribution in [3.8, 4) is 5.75 Å². The van der Waals surface area contributed by atoms with Gasteiger partial charge in [0.15, 0.2) is 0 Å². The molecule has 0 saturated heterocycles. The predicted molar refractivity (Wildman–Crippen MR) is 87.4 cm³/mol. The first-order valence-electron chi connectivity index (χ1n) is 7.01. The first-order chi connectivity index (χ1) is 9.77. The number of rotatable bonds is 0. The molecule has 0 aliphatic carbocycles. The number of allylic oxidation sites excluding steroid dienone is 2. The molecule has 2 rings (SSSR count). The highest BCUT2D eigenvalue weighted by Gasteiger charge is 2.13. The minimum atomic E-state index is -0.289. The number of ether oxygens (including phenoxy) is 2. The Morgan fingerprint density at radius 3 is 2.70 bits per heavy atom. The van der Waals surface area contributed by atoms with Gasteiger partial charge in [0, 0.05) is 0 Å². The van der Waals surface area contributed by atoms with Gasteiger partial charge < -0.3 is 9.47 Å². The summed E-state index contributed by atoms with van der Waals surface area (Å²) in [6.45, 7) is 1.09. The minimum absolute atomic E-state index is 0.289. The monoisotopic (exact) mass is 386 g/mol. The highest BCUT2D eigenvalue weighted by molar-refractivity contribution is 14.1. The summed E-state index contributed by atoms with van der Waals surface area (Å²) >= 11 is 2.39. The number of para-hydroxylation sites is 1. The maximum atomic E-state index is 12.0. The number of cyclic esters (lactones) is 1. The van der Waals surface area contributed by atoms with E-state index in [2.05, 4.69) is 28.7 Å². The molecule has 0 aromatic heterocycles. The SMILES string of the molecule is O=C1OCCCC/C(I)=C\CCCOc2ccccc21. The molecule has 1 heterocycles. The molecule has 1 aliphatic heterocycles. The standard InChI is InChI=1S/C16H19IO3/c17-13-7-3-5-11-19-15-10-2-1-9-14(15)16(18)20-12-6-4-8-13/h1-2,7,9-10H,3-6,8,11-12H2/b13-7+. The molecule has 0 atom stereocenters. The Bertz CT molecular complexity index is 482. The molecule has 1 aromatic carbocycles. The number of fused-ring (bicyclic) bond motifs is 1. The molecular formula is C16H19IO3. The summed E-state index contributed by atoms with van der Waals surface area (Å²) in [6.07, 6.45) is 7.26. The summed E-state index contributed by atoms with van der Waals surface area (Å²) in [4.78, 5) is 12.0. The van der Waals surface area contributed by atoms with Gasteiger partial charge in [0.25, 0.3) is 0 Å². The normalized spacial score (nSPS) is 20.6. The zero-order valence-electron chi connectivity index (χ0n) is 11.4. The zero-order chi connectivity index (χ0) is 14.2. The fraction of sp³-hybridized carbons (Fsp3) is 0.438. The molecule has 4 heteroatoms. The van der Waals surface area contributed by atoms with Gasteiger partial charge in [0.2, 0.25) is 0 Å². The van der Waals surface area contributed by atoms with Gasteiger partial charge in [0.05, 0.1) is 13.2 Å².